The van der Waals surface area contributed by atoms with Crippen molar-refractivity contribution in [3.63, 3.8) is 0 Å². The zero-order chi connectivity index (χ0) is 28.6. The summed E-state index contributed by atoms with van der Waals surface area (Å²) in [5.74, 6) is -0.799. The molecule has 2 aromatic carbocycles. The Morgan fingerprint density at radius 2 is 1.67 bits per heavy atom. The Hall–Kier alpha value is -3.55. The fourth-order valence-electron chi connectivity index (χ4n) is 4.83. The minimum Gasteiger partial charge on any atom is -0.508 e. The van der Waals surface area contributed by atoms with Crippen molar-refractivity contribution in [1.29, 1.82) is 0 Å². The topological polar surface area (TPSA) is 108 Å². The summed E-state index contributed by atoms with van der Waals surface area (Å²) in [5.41, 5.74) is 0.474. The van der Waals surface area contributed by atoms with E-state index in [4.69, 9.17) is 4.74 Å². The molecule has 0 radical (unpaired) electrons. The van der Waals surface area contributed by atoms with Gasteiger partial charge in [0.05, 0.1) is 0 Å². The number of para-hydroxylation sites is 1. The first-order valence-corrected chi connectivity index (χ1v) is 13.9. The smallest absolute Gasteiger partial charge is 0.408 e. The molecule has 1 aliphatic carbocycles. The van der Waals surface area contributed by atoms with E-state index in [1.165, 1.54) is 6.07 Å². The van der Waals surface area contributed by atoms with Crippen LogP contribution in [0.1, 0.15) is 83.9 Å². The molecule has 212 valence electrons. The third kappa shape index (κ3) is 8.47. The lowest BCUT2D eigenvalue weighted by Crippen LogP contribution is -2.58. The van der Waals surface area contributed by atoms with Crippen molar-refractivity contribution in [2.45, 2.75) is 103 Å². The number of aromatic hydroxyl groups is 1. The average molecular weight is 538 g/mol. The van der Waals surface area contributed by atoms with Crippen LogP contribution in [0.4, 0.5) is 4.79 Å². The average Bonchev–Trinajstić information content (AvgIpc) is 2.82. The second-order valence-electron chi connectivity index (χ2n) is 11.4. The number of phenolic OH excluding ortho intramolecular Hbond substituents is 1. The molecule has 8 heteroatoms. The van der Waals surface area contributed by atoms with Crippen molar-refractivity contribution in [2.24, 2.45) is 0 Å². The molecule has 39 heavy (non-hydrogen) atoms. The number of amides is 3. The first kappa shape index (κ1) is 30.0. The van der Waals surface area contributed by atoms with Crippen molar-refractivity contribution in [2.75, 3.05) is 0 Å². The third-order valence-electron chi connectivity index (χ3n) is 6.86. The minimum absolute atomic E-state index is 0.0578. The van der Waals surface area contributed by atoms with Crippen LogP contribution in [-0.2, 0) is 20.7 Å². The third-order valence-corrected chi connectivity index (χ3v) is 6.86. The SMILES string of the molecule is CCCC(C)NC(=O)C(c1ccccc1O)N(C(=O)C(Cc1ccccc1)NC(=O)OC(C)(C)C)C1CCC1. The number of carbonyl (C=O) groups excluding carboxylic acids is 3. The van der Waals surface area contributed by atoms with Crippen molar-refractivity contribution in [1.82, 2.24) is 15.5 Å². The molecular weight excluding hydrogens is 494 g/mol. The van der Waals surface area contributed by atoms with Crippen LogP contribution in [0.15, 0.2) is 54.6 Å². The quantitative estimate of drug-likeness (QED) is 0.363. The van der Waals surface area contributed by atoms with Gasteiger partial charge in [0, 0.05) is 24.1 Å². The Balaban J connectivity index is 2.03. The zero-order valence-corrected chi connectivity index (χ0v) is 23.8. The minimum atomic E-state index is -1.05. The number of benzene rings is 2. The van der Waals surface area contributed by atoms with E-state index in [9.17, 15) is 19.5 Å². The maximum atomic E-state index is 14.4. The molecule has 0 heterocycles. The van der Waals surface area contributed by atoms with Gasteiger partial charge >= 0.3 is 6.09 Å². The van der Waals surface area contributed by atoms with Crippen molar-refractivity contribution in [3.8, 4) is 5.75 Å². The maximum Gasteiger partial charge on any atom is 0.408 e. The molecule has 1 fully saturated rings. The van der Waals surface area contributed by atoms with Gasteiger partial charge in [0.1, 0.15) is 23.4 Å². The van der Waals surface area contributed by atoms with E-state index in [-0.39, 0.29) is 36.1 Å². The summed E-state index contributed by atoms with van der Waals surface area (Å²) in [6.45, 7) is 9.26. The van der Waals surface area contributed by atoms with E-state index in [1.54, 1.807) is 43.9 Å². The van der Waals surface area contributed by atoms with Crippen molar-refractivity contribution < 1.29 is 24.2 Å². The van der Waals surface area contributed by atoms with Crippen LogP contribution < -0.4 is 10.6 Å². The first-order chi connectivity index (χ1) is 18.5. The Labute approximate surface area is 232 Å². The lowest BCUT2D eigenvalue weighted by atomic mass is 9.87. The lowest BCUT2D eigenvalue weighted by Gasteiger charge is -2.44. The summed E-state index contributed by atoms with van der Waals surface area (Å²) in [6, 6.07) is 13.7. The maximum absolute atomic E-state index is 14.4. The molecule has 0 aromatic heterocycles. The predicted octanol–water partition coefficient (Wildman–Crippen LogP) is 5.26. The molecule has 3 rings (SSSR count). The van der Waals surface area contributed by atoms with E-state index in [2.05, 4.69) is 10.6 Å². The monoisotopic (exact) mass is 537 g/mol. The second-order valence-corrected chi connectivity index (χ2v) is 11.4. The number of ether oxygens (including phenoxy) is 1. The Bertz CT molecular complexity index is 1110. The molecule has 0 bridgehead atoms. The highest BCUT2D eigenvalue weighted by atomic mass is 16.6. The summed E-state index contributed by atoms with van der Waals surface area (Å²) in [6.07, 6.45) is 3.60. The van der Waals surface area contributed by atoms with Gasteiger partial charge in [-0.15, -0.1) is 0 Å². The van der Waals surface area contributed by atoms with Gasteiger partial charge in [-0.2, -0.15) is 0 Å². The van der Waals surface area contributed by atoms with Crippen molar-refractivity contribution in [3.05, 3.63) is 65.7 Å². The lowest BCUT2D eigenvalue weighted by molar-refractivity contribution is -0.147. The van der Waals surface area contributed by atoms with Gasteiger partial charge in [-0.1, -0.05) is 61.9 Å². The number of hydrogen-bond acceptors (Lipinski definition) is 5. The predicted molar refractivity (Wildman–Crippen MR) is 151 cm³/mol. The van der Waals surface area contributed by atoms with Crippen LogP contribution in [0.3, 0.4) is 0 Å². The molecule has 3 N–H and O–H groups in total. The van der Waals surface area contributed by atoms with Crippen LogP contribution in [0, 0.1) is 0 Å². The van der Waals surface area contributed by atoms with Crippen LogP contribution in [-0.4, -0.2) is 51.6 Å². The Morgan fingerprint density at radius 1 is 1.03 bits per heavy atom. The number of nitrogens with zero attached hydrogens (tertiary/aromatic N) is 1. The number of phenols is 1. The van der Waals surface area contributed by atoms with E-state index in [0.717, 1.165) is 37.7 Å². The fraction of sp³-hybridized carbons (Fsp3) is 0.516. The molecule has 3 unspecified atom stereocenters. The van der Waals surface area contributed by atoms with Crippen LogP contribution in [0.5, 0.6) is 5.75 Å². The van der Waals surface area contributed by atoms with Gasteiger partial charge in [0.2, 0.25) is 11.8 Å². The molecule has 0 spiro atoms. The van der Waals surface area contributed by atoms with Crippen LogP contribution >= 0.6 is 0 Å². The zero-order valence-electron chi connectivity index (χ0n) is 23.8. The van der Waals surface area contributed by atoms with Crippen molar-refractivity contribution >= 4 is 17.9 Å². The fourth-order valence-corrected chi connectivity index (χ4v) is 4.83. The summed E-state index contributed by atoms with van der Waals surface area (Å²) in [4.78, 5) is 42.7. The van der Waals surface area contributed by atoms with E-state index in [1.807, 2.05) is 44.2 Å². The van der Waals surface area contributed by atoms with Gasteiger partial charge in [-0.05, 0) is 65.0 Å². The van der Waals surface area contributed by atoms with Gasteiger partial charge in [-0.3, -0.25) is 9.59 Å². The number of hydrogen-bond donors (Lipinski definition) is 3. The highest BCUT2D eigenvalue weighted by Gasteiger charge is 2.43. The van der Waals surface area contributed by atoms with Gasteiger partial charge in [0.15, 0.2) is 0 Å². The number of carbonyl (C=O) groups is 3. The summed E-state index contributed by atoms with van der Waals surface area (Å²) in [5, 5.41) is 16.6. The number of rotatable bonds is 11. The van der Waals surface area contributed by atoms with E-state index in [0.29, 0.717) is 5.56 Å². The standard InChI is InChI=1S/C31H43N3O5/c1-6-13-21(2)32-28(36)27(24-18-10-11-19-26(24)35)34(23-16-12-17-23)29(37)25(20-22-14-8-7-9-15-22)33-30(38)39-31(3,4)5/h7-11,14-15,18-19,21,23,25,27,35H,6,12-13,16-17,20H2,1-5H3,(H,32,36)(H,33,38). The first-order valence-electron chi connectivity index (χ1n) is 13.9. The molecule has 0 aliphatic heterocycles. The van der Waals surface area contributed by atoms with Gasteiger partial charge < -0.3 is 25.4 Å². The van der Waals surface area contributed by atoms with Gasteiger partial charge in [-0.25, -0.2) is 4.79 Å². The molecule has 2 aromatic rings. The Kier molecular flexibility index (Phi) is 10.4. The molecule has 0 saturated heterocycles. The molecule has 8 nitrogen and oxygen atoms in total. The normalized spacial score (nSPS) is 15.8. The Morgan fingerprint density at radius 3 is 2.23 bits per heavy atom. The van der Waals surface area contributed by atoms with E-state index >= 15 is 0 Å². The summed E-state index contributed by atoms with van der Waals surface area (Å²) < 4.78 is 5.49. The largest absolute Gasteiger partial charge is 0.508 e. The molecule has 1 saturated carbocycles. The van der Waals surface area contributed by atoms with Crippen LogP contribution in [0.2, 0.25) is 0 Å². The van der Waals surface area contributed by atoms with Crippen LogP contribution in [0.25, 0.3) is 0 Å². The highest BCUT2D eigenvalue weighted by Crippen LogP contribution is 2.37. The van der Waals surface area contributed by atoms with E-state index < -0.39 is 23.8 Å². The number of alkyl carbamates (subject to hydrolysis) is 1. The summed E-state index contributed by atoms with van der Waals surface area (Å²) >= 11 is 0. The highest BCUT2D eigenvalue weighted by molar-refractivity contribution is 5.93. The molecule has 1 aliphatic rings. The second kappa shape index (κ2) is 13.5. The summed E-state index contributed by atoms with van der Waals surface area (Å²) in [7, 11) is 0. The molecule has 3 amide bonds. The number of nitrogens with one attached hydrogen (secondary N) is 2. The molecular formula is C31H43N3O5. The van der Waals surface area contributed by atoms with Gasteiger partial charge in [0.25, 0.3) is 0 Å². The molecule has 3 atom stereocenters.